The Labute approximate surface area is 132 Å². The molecule has 1 aromatic heterocycles. The molecular formula is C16H26N4O2. The van der Waals surface area contributed by atoms with Gasteiger partial charge in [0, 0.05) is 38.0 Å². The molecule has 22 heavy (non-hydrogen) atoms. The van der Waals surface area contributed by atoms with E-state index in [1.165, 1.54) is 0 Å². The van der Waals surface area contributed by atoms with Gasteiger partial charge in [-0.2, -0.15) is 0 Å². The van der Waals surface area contributed by atoms with E-state index in [1.54, 1.807) is 7.11 Å². The largest absolute Gasteiger partial charge is 0.384 e. The fraction of sp³-hybridized carbons (Fsp3) is 0.688. The third-order valence-electron chi connectivity index (χ3n) is 3.97. The number of rotatable bonds is 6. The summed E-state index contributed by atoms with van der Waals surface area (Å²) in [6.45, 7) is 6.10. The van der Waals surface area contributed by atoms with Crippen molar-refractivity contribution < 1.29 is 9.53 Å². The van der Waals surface area contributed by atoms with Crippen molar-refractivity contribution in [2.45, 2.75) is 45.6 Å². The molecule has 1 amide bonds. The summed E-state index contributed by atoms with van der Waals surface area (Å²) >= 11 is 0. The van der Waals surface area contributed by atoms with Gasteiger partial charge in [0.1, 0.15) is 11.6 Å². The van der Waals surface area contributed by atoms with Crippen LogP contribution in [0.15, 0.2) is 6.07 Å². The van der Waals surface area contributed by atoms with Crippen molar-refractivity contribution in [1.29, 1.82) is 0 Å². The second-order valence-corrected chi connectivity index (χ2v) is 5.69. The van der Waals surface area contributed by atoms with Crippen LogP contribution in [-0.4, -0.2) is 53.6 Å². The fourth-order valence-electron chi connectivity index (χ4n) is 2.71. The van der Waals surface area contributed by atoms with Crippen LogP contribution in [0.5, 0.6) is 0 Å². The average Bonchev–Trinajstić information content (AvgIpc) is 2.52. The molecule has 1 aromatic rings. The highest BCUT2D eigenvalue weighted by molar-refractivity contribution is 5.76. The second kappa shape index (κ2) is 8.08. The number of nitrogens with zero attached hydrogens (tertiary/aromatic N) is 3. The first-order valence-electron chi connectivity index (χ1n) is 8.00. The van der Waals surface area contributed by atoms with Crippen molar-refractivity contribution in [1.82, 2.24) is 14.9 Å². The van der Waals surface area contributed by atoms with Gasteiger partial charge < -0.3 is 15.0 Å². The van der Waals surface area contributed by atoms with Crippen molar-refractivity contribution in [2.24, 2.45) is 0 Å². The van der Waals surface area contributed by atoms with E-state index >= 15 is 0 Å². The van der Waals surface area contributed by atoms with Crippen LogP contribution in [-0.2, 0) is 16.0 Å². The van der Waals surface area contributed by atoms with E-state index in [1.807, 2.05) is 17.9 Å². The van der Waals surface area contributed by atoms with Crippen LogP contribution in [0.1, 0.15) is 37.7 Å². The summed E-state index contributed by atoms with van der Waals surface area (Å²) < 4.78 is 4.96. The van der Waals surface area contributed by atoms with E-state index in [0.29, 0.717) is 19.1 Å². The van der Waals surface area contributed by atoms with Gasteiger partial charge in [-0.25, -0.2) is 9.97 Å². The van der Waals surface area contributed by atoms with Gasteiger partial charge in [-0.15, -0.1) is 0 Å². The summed E-state index contributed by atoms with van der Waals surface area (Å²) in [5.41, 5.74) is 1.06. The number of hydrogen-bond donors (Lipinski definition) is 1. The SMILES string of the molecule is CCc1cc(NC2CCN(C(=O)CCOC)CC2)nc(C)n1. The van der Waals surface area contributed by atoms with Gasteiger partial charge in [-0.3, -0.25) is 4.79 Å². The Morgan fingerprint density at radius 2 is 2.14 bits per heavy atom. The lowest BCUT2D eigenvalue weighted by molar-refractivity contribution is -0.133. The molecule has 122 valence electrons. The first-order chi connectivity index (χ1) is 10.6. The number of aryl methyl sites for hydroxylation is 2. The summed E-state index contributed by atoms with van der Waals surface area (Å²) in [4.78, 5) is 22.7. The molecule has 0 bridgehead atoms. The highest BCUT2D eigenvalue weighted by Gasteiger charge is 2.22. The predicted octanol–water partition coefficient (Wildman–Crippen LogP) is 1.79. The zero-order chi connectivity index (χ0) is 15.9. The number of aromatic nitrogens is 2. The zero-order valence-electron chi connectivity index (χ0n) is 13.8. The van der Waals surface area contributed by atoms with Crippen LogP contribution in [0, 0.1) is 6.92 Å². The fourth-order valence-corrected chi connectivity index (χ4v) is 2.71. The molecule has 1 aliphatic heterocycles. The first kappa shape index (κ1) is 16.7. The Balaban J connectivity index is 1.84. The number of carbonyl (C=O) groups excluding carboxylic acids is 1. The molecule has 2 rings (SSSR count). The van der Waals surface area contributed by atoms with E-state index < -0.39 is 0 Å². The lowest BCUT2D eigenvalue weighted by atomic mass is 10.0. The molecule has 0 spiro atoms. The van der Waals surface area contributed by atoms with Gasteiger partial charge in [0.25, 0.3) is 0 Å². The highest BCUT2D eigenvalue weighted by atomic mass is 16.5. The number of ether oxygens (including phenoxy) is 1. The molecule has 2 heterocycles. The molecule has 1 fully saturated rings. The van der Waals surface area contributed by atoms with E-state index in [4.69, 9.17) is 4.74 Å². The smallest absolute Gasteiger partial charge is 0.224 e. The number of nitrogens with one attached hydrogen (secondary N) is 1. The van der Waals surface area contributed by atoms with Crippen LogP contribution in [0.4, 0.5) is 5.82 Å². The lowest BCUT2D eigenvalue weighted by Gasteiger charge is -2.32. The van der Waals surface area contributed by atoms with Gasteiger partial charge in [0.15, 0.2) is 0 Å². The minimum absolute atomic E-state index is 0.187. The number of anilines is 1. The quantitative estimate of drug-likeness (QED) is 0.868. The number of carbonyl (C=O) groups is 1. The van der Waals surface area contributed by atoms with Gasteiger partial charge in [-0.05, 0) is 26.2 Å². The zero-order valence-corrected chi connectivity index (χ0v) is 13.8. The standard InChI is InChI=1S/C16H26N4O2/c1-4-13-11-15(18-12(2)17-13)19-14-5-8-20(9-6-14)16(21)7-10-22-3/h11,14H,4-10H2,1-3H3,(H,17,18,19). The third-order valence-corrected chi connectivity index (χ3v) is 3.97. The Bertz CT molecular complexity index is 499. The maximum Gasteiger partial charge on any atom is 0.224 e. The number of amides is 1. The van der Waals surface area contributed by atoms with Crippen LogP contribution in [0.2, 0.25) is 0 Å². The average molecular weight is 306 g/mol. The summed E-state index contributed by atoms with van der Waals surface area (Å²) in [7, 11) is 1.62. The summed E-state index contributed by atoms with van der Waals surface area (Å²) in [6, 6.07) is 2.38. The number of hydrogen-bond acceptors (Lipinski definition) is 5. The highest BCUT2D eigenvalue weighted by Crippen LogP contribution is 2.17. The van der Waals surface area contributed by atoms with Gasteiger partial charge >= 0.3 is 0 Å². The minimum Gasteiger partial charge on any atom is -0.384 e. The summed E-state index contributed by atoms with van der Waals surface area (Å²) in [5, 5.41) is 3.49. The lowest BCUT2D eigenvalue weighted by Crippen LogP contribution is -2.42. The van der Waals surface area contributed by atoms with E-state index in [9.17, 15) is 4.79 Å². The van der Waals surface area contributed by atoms with Crippen molar-refractivity contribution in [3.8, 4) is 0 Å². The molecule has 0 unspecified atom stereocenters. The number of piperidine rings is 1. The molecule has 1 aliphatic rings. The van der Waals surface area contributed by atoms with Gasteiger partial charge in [0.2, 0.25) is 5.91 Å². The van der Waals surface area contributed by atoms with Crippen molar-refractivity contribution in [2.75, 3.05) is 32.1 Å². The van der Waals surface area contributed by atoms with Crippen LogP contribution >= 0.6 is 0 Å². The van der Waals surface area contributed by atoms with Gasteiger partial charge in [0.05, 0.1) is 13.0 Å². The van der Waals surface area contributed by atoms with Crippen molar-refractivity contribution >= 4 is 11.7 Å². The molecular weight excluding hydrogens is 280 g/mol. The molecule has 1 N–H and O–H groups in total. The first-order valence-corrected chi connectivity index (χ1v) is 8.00. The van der Waals surface area contributed by atoms with Crippen molar-refractivity contribution in [3.63, 3.8) is 0 Å². The number of likely N-dealkylation sites (tertiary alicyclic amines) is 1. The molecule has 0 aliphatic carbocycles. The maximum atomic E-state index is 12.0. The monoisotopic (exact) mass is 306 g/mol. The molecule has 0 atom stereocenters. The van der Waals surface area contributed by atoms with Crippen LogP contribution < -0.4 is 5.32 Å². The summed E-state index contributed by atoms with van der Waals surface area (Å²) in [6.07, 6.45) is 3.27. The third kappa shape index (κ3) is 4.66. The van der Waals surface area contributed by atoms with Crippen LogP contribution in [0.3, 0.4) is 0 Å². The maximum absolute atomic E-state index is 12.0. The van der Waals surface area contributed by atoms with Gasteiger partial charge in [-0.1, -0.05) is 6.92 Å². The number of methoxy groups -OCH3 is 1. The second-order valence-electron chi connectivity index (χ2n) is 5.69. The molecule has 1 saturated heterocycles. The minimum atomic E-state index is 0.187. The Hall–Kier alpha value is -1.69. The predicted molar refractivity (Wildman–Crippen MR) is 85.9 cm³/mol. The normalized spacial score (nSPS) is 15.9. The Kier molecular flexibility index (Phi) is 6.12. The molecule has 0 aromatic carbocycles. The van der Waals surface area contributed by atoms with E-state index in [2.05, 4.69) is 22.2 Å². The Morgan fingerprint density at radius 3 is 2.77 bits per heavy atom. The molecule has 0 radical (unpaired) electrons. The molecule has 0 saturated carbocycles. The molecule has 6 nitrogen and oxygen atoms in total. The van der Waals surface area contributed by atoms with Crippen LogP contribution in [0.25, 0.3) is 0 Å². The molecule has 6 heteroatoms. The van der Waals surface area contributed by atoms with Crippen molar-refractivity contribution in [3.05, 3.63) is 17.6 Å². The topological polar surface area (TPSA) is 67.4 Å². The Morgan fingerprint density at radius 1 is 1.41 bits per heavy atom. The van der Waals surface area contributed by atoms with E-state index in [0.717, 1.165) is 49.7 Å². The summed E-state index contributed by atoms with van der Waals surface area (Å²) in [5.74, 6) is 1.88. The van der Waals surface area contributed by atoms with E-state index in [-0.39, 0.29) is 5.91 Å².